The average Bonchev–Trinajstić information content (AvgIpc) is 3.07. The largest absolute Gasteiger partial charge is 0.494 e. The number of amides is 1. The van der Waals surface area contributed by atoms with E-state index in [1.807, 2.05) is 4.90 Å². The van der Waals surface area contributed by atoms with Crippen molar-refractivity contribution >= 4 is 52.9 Å². The third kappa shape index (κ3) is 9.92. The number of para-hydroxylation sites is 1. The van der Waals surface area contributed by atoms with Gasteiger partial charge in [0.05, 0.1) is 29.9 Å². The summed E-state index contributed by atoms with van der Waals surface area (Å²) >= 11 is 0. The van der Waals surface area contributed by atoms with Gasteiger partial charge >= 0.3 is 12.4 Å². The maximum Gasteiger partial charge on any atom is 0.421 e. The van der Waals surface area contributed by atoms with Crippen molar-refractivity contribution in [2.24, 2.45) is 0 Å². The minimum absolute atomic E-state index is 0.116. The average molecular weight is 741 g/mol. The zero-order valence-corrected chi connectivity index (χ0v) is 29.1. The Labute approximate surface area is 291 Å². The van der Waals surface area contributed by atoms with Crippen LogP contribution >= 0.6 is 7.14 Å². The second kappa shape index (κ2) is 15.5. The van der Waals surface area contributed by atoms with Crippen LogP contribution in [0.3, 0.4) is 0 Å². The van der Waals surface area contributed by atoms with E-state index in [1.54, 1.807) is 24.3 Å². The summed E-state index contributed by atoms with van der Waals surface area (Å²) in [4.78, 5) is 25.1. The van der Waals surface area contributed by atoms with E-state index in [1.165, 1.54) is 32.6 Å². The Bertz CT molecular complexity index is 1790. The van der Waals surface area contributed by atoms with Crippen LogP contribution in [0.15, 0.2) is 54.7 Å². The Morgan fingerprint density at radius 1 is 0.980 bits per heavy atom. The predicted octanol–water partition coefficient (Wildman–Crippen LogP) is 6.17. The van der Waals surface area contributed by atoms with Crippen LogP contribution in [0.1, 0.15) is 18.4 Å². The summed E-state index contributed by atoms with van der Waals surface area (Å²) in [6, 6.07) is 9.59. The first-order chi connectivity index (χ1) is 24.0. The van der Waals surface area contributed by atoms with Crippen LogP contribution < -0.4 is 36.2 Å². The molecular formula is C33H39F6N8O3P. The number of nitrogens with one attached hydrogen (secondary N) is 4. The molecule has 11 nitrogen and oxygen atoms in total. The molecule has 2 aliphatic rings. The molecule has 276 valence electrons. The second-order valence-electron chi connectivity index (χ2n) is 12.5. The van der Waals surface area contributed by atoms with Gasteiger partial charge in [0.1, 0.15) is 24.3 Å². The Balaban J connectivity index is 1.49. The van der Waals surface area contributed by atoms with Crippen molar-refractivity contribution in [1.29, 1.82) is 0 Å². The van der Waals surface area contributed by atoms with Gasteiger partial charge in [0.15, 0.2) is 0 Å². The highest BCUT2D eigenvalue weighted by Crippen LogP contribution is 2.42. The third-order valence-corrected chi connectivity index (χ3v) is 10.1. The van der Waals surface area contributed by atoms with Gasteiger partial charge in [-0.2, -0.15) is 31.3 Å². The van der Waals surface area contributed by atoms with Crippen LogP contribution in [-0.2, 0) is 15.5 Å². The molecule has 0 atom stereocenters. The molecule has 0 aliphatic carbocycles. The number of piperidine rings is 1. The molecule has 2 aliphatic heterocycles. The number of nitrogens with zero attached hydrogens (tertiary/aromatic N) is 4. The fraction of sp³-hybridized carbons (Fsp3) is 0.424. The molecule has 0 bridgehead atoms. The number of ether oxygens (including phenoxy) is 1. The van der Waals surface area contributed by atoms with Crippen molar-refractivity contribution < 1.29 is 40.4 Å². The van der Waals surface area contributed by atoms with Crippen molar-refractivity contribution in [2.45, 2.75) is 31.2 Å². The van der Waals surface area contributed by atoms with E-state index in [9.17, 15) is 35.7 Å². The lowest BCUT2D eigenvalue weighted by Gasteiger charge is -2.41. The number of alkyl halides is 6. The van der Waals surface area contributed by atoms with Gasteiger partial charge in [-0.05, 0) is 44.4 Å². The molecule has 0 saturated carbocycles. The molecule has 0 spiro atoms. The highest BCUT2D eigenvalue weighted by atomic mass is 31.2. The Morgan fingerprint density at radius 3 is 2.29 bits per heavy atom. The minimum atomic E-state index is -4.85. The molecule has 1 amide bonds. The molecule has 2 saturated heterocycles. The number of methoxy groups -OCH3 is 1. The van der Waals surface area contributed by atoms with Gasteiger partial charge in [0.2, 0.25) is 11.9 Å². The molecule has 51 heavy (non-hydrogen) atoms. The summed E-state index contributed by atoms with van der Waals surface area (Å²) in [5.74, 6) is -1.74. The van der Waals surface area contributed by atoms with E-state index in [2.05, 4.69) is 36.1 Å². The lowest BCUT2D eigenvalue weighted by atomic mass is 10.0. The summed E-state index contributed by atoms with van der Waals surface area (Å²) in [6.45, 7) is 7.83. The third-order valence-electron chi connectivity index (χ3n) is 8.55. The molecule has 2 fully saturated rings. The number of anilines is 6. The van der Waals surface area contributed by atoms with Crippen molar-refractivity contribution in [1.82, 2.24) is 20.2 Å². The van der Waals surface area contributed by atoms with Gasteiger partial charge in [-0.3, -0.25) is 9.69 Å². The first-order valence-electron chi connectivity index (χ1n) is 16.1. The fourth-order valence-electron chi connectivity index (χ4n) is 6.10. The standard InChI is InChI=1S/C33H39F6N8O3P/c1-50-27-19-26(47-14-9-21(10-15-47)46-16-12-40-13-17-46)24(42-29(48)8-11-32(34,35)36)18-25(27)44-31-41-20-22(33(37,38)39)30(45-31)43-23-6-4-5-7-28(23)51(2,3)49/h4-8,11,18-21,40H,9-10,12-17H2,1-3H3,(H,42,48)(H2,41,43,44,45)/b11-8+. The monoisotopic (exact) mass is 740 g/mol. The molecule has 4 N–H and O–H groups in total. The fourth-order valence-corrected chi connectivity index (χ4v) is 7.26. The van der Waals surface area contributed by atoms with E-state index < -0.39 is 36.8 Å². The van der Waals surface area contributed by atoms with Crippen LogP contribution in [-0.4, -0.2) is 92.7 Å². The molecule has 0 unspecified atom stereocenters. The first kappa shape index (κ1) is 37.9. The smallest absolute Gasteiger partial charge is 0.421 e. The van der Waals surface area contributed by atoms with Crippen LogP contribution in [0, 0.1) is 0 Å². The van der Waals surface area contributed by atoms with E-state index in [0.717, 1.165) is 39.0 Å². The van der Waals surface area contributed by atoms with Gasteiger partial charge < -0.3 is 35.5 Å². The van der Waals surface area contributed by atoms with Gasteiger partial charge in [0, 0.05) is 75.0 Å². The Kier molecular flexibility index (Phi) is 11.5. The molecule has 3 aromatic rings. The number of rotatable bonds is 10. The normalized spacial score (nSPS) is 16.7. The SMILES string of the molecule is COc1cc(N2CCC(N3CCNCC3)CC2)c(NC(=O)/C=C/C(F)(F)F)cc1Nc1ncc(C(F)(F)F)c(Nc2ccccc2P(C)(C)=O)n1. The summed E-state index contributed by atoms with van der Waals surface area (Å²) < 4.78 is 99.3. The molecule has 3 heterocycles. The van der Waals surface area contributed by atoms with Gasteiger partial charge in [0.25, 0.3) is 0 Å². The van der Waals surface area contributed by atoms with Crippen molar-refractivity contribution in [3.63, 3.8) is 0 Å². The second-order valence-corrected chi connectivity index (χ2v) is 15.7. The number of halogens is 6. The maximum absolute atomic E-state index is 14.1. The van der Waals surface area contributed by atoms with E-state index in [-0.39, 0.29) is 34.8 Å². The number of carbonyl (C=O) groups excluding carboxylic acids is 1. The van der Waals surface area contributed by atoms with Crippen LogP contribution in [0.2, 0.25) is 0 Å². The quantitative estimate of drug-likeness (QED) is 0.109. The highest BCUT2D eigenvalue weighted by Gasteiger charge is 2.36. The first-order valence-corrected chi connectivity index (χ1v) is 18.7. The number of allylic oxidation sites excluding steroid dienone is 1. The van der Waals surface area contributed by atoms with Gasteiger partial charge in [-0.15, -0.1) is 0 Å². The van der Waals surface area contributed by atoms with E-state index in [0.29, 0.717) is 42.4 Å². The predicted molar refractivity (Wildman–Crippen MR) is 186 cm³/mol. The topological polar surface area (TPSA) is 124 Å². The van der Waals surface area contributed by atoms with Crippen LogP contribution in [0.4, 0.5) is 60.9 Å². The molecule has 2 aromatic carbocycles. The number of hydrogen-bond acceptors (Lipinski definition) is 10. The number of benzene rings is 2. The molecule has 1 aromatic heterocycles. The van der Waals surface area contributed by atoms with Gasteiger partial charge in [-0.25, -0.2) is 4.98 Å². The highest BCUT2D eigenvalue weighted by molar-refractivity contribution is 7.70. The number of hydrogen-bond donors (Lipinski definition) is 4. The zero-order chi connectivity index (χ0) is 37.0. The van der Waals surface area contributed by atoms with E-state index >= 15 is 0 Å². The van der Waals surface area contributed by atoms with Crippen LogP contribution in [0.5, 0.6) is 5.75 Å². The summed E-state index contributed by atoms with van der Waals surface area (Å²) in [7, 11) is -1.54. The van der Waals surface area contributed by atoms with Crippen LogP contribution in [0.25, 0.3) is 0 Å². The zero-order valence-electron chi connectivity index (χ0n) is 28.2. The van der Waals surface area contributed by atoms with Crippen molar-refractivity contribution in [2.75, 3.05) is 80.6 Å². The molecule has 5 rings (SSSR count). The summed E-state index contributed by atoms with van der Waals surface area (Å²) in [5, 5.41) is 11.7. The summed E-state index contributed by atoms with van der Waals surface area (Å²) in [6.07, 6.45) is -7.15. The maximum atomic E-state index is 14.1. The minimum Gasteiger partial charge on any atom is -0.494 e. The Morgan fingerprint density at radius 2 is 1.67 bits per heavy atom. The van der Waals surface area contributed by atoms with E-state index in [4.69, 9.17) is 4.74 Å². The lowest BCUT2D eigenvalue weighted by molar-refractivity contribution is -0.137. The number of piperazine rings is 1. The lowest BCUT2D eigenvalue weighted by Crippen LogP contribution is -2.52. The molecular weight excluding hydrogens is 701 g/mol. The molecule has 18 heteroatoms. The summed E-state index contributed by atoms with van der Waals surface area (Å²) in [5.41, 5.74) is -0.275. The number of aromatic nitrogens is 2. The Hall–Kier alpha value is -4.34. The van der Waals surface area contributed by atoms with Crippen molar-refractivity contribution in [3.05, 3.63) is 60.3 Å². The number of carbonyl (C=O) groups is 1. The van der Waals surface area contributed by atoms with Gasteiger partial charge in [-0.1, -0.05) is 12.1 Å². The molecule has 0 radical (unpaired) electrons. The van der Waals surface area contributed by atoms with Crippen molar-refractivity contribution in [3.8, 4) is 5.75 Å².